The van der Waals surface area contributed by atoms with Crippen molar-refractivity contribution in [1.82, 2.24) is 4.98 Å². The van der Waals surface area contributed by atoms with Gasteiger partial charge in [-0.3, -0.25) is 4.79 Å². The van der Waals surface area contributed by atoms with Crippen LogP contribution in [0.2, 0.25) is 0 Å². The van der Waals surface area contributed by atoms with Crippen LogP contribution >= 0.6 is 22.7 Å². The molecule has 0 radical (unpaired) electrons. The Labute approximate surface area is 120 Å². The molecule has 1 fully saturated rings. The van der Waals surface area contributed by atoms with Crippen molar-refractivity contribution in [3.8, 4) is 0 Å². The van der Waals surface area contributed by atoms with E-state index in [9.17, 15) is 4.79 Å². The van der Waals surface area contributed by atoms with Crippen molar-refractivity contribution < 1.29 is 4.79 Å². The number of aromatic nitrogens is 1. The van der Waals surface area contributed by atoms with Gasteiger partial charge in [0.15, 0.2) is 5.13 Å². The molecule has 0 saturated heterocycles. The number of carbonyl (C=O) groups excluding carboxylic acids is 1. The summed E-state index contributed by atoms with van der Waals surface area (Å²) in [5, 5.41) is 7.64. The molecule has 1 aliphatic rings. The lowest BCUT2D eigenvalue weighted by molar-refractivity contribution is -0.122. The van der Waals surface area contributed by atoms with E-state index in [0.717, 1.165) is 25.7 Å². The highest BCUT2D eigenvalue weighted by Gasteiger charge is 2.42. The van der Waals surface area contributed by atoms with Crippen molar-refractivity contribution in [3.05, 3.63) is 34.0 Å². The number of hydrogen-bond donors (Lipinski definition) is 1. The predicted octanol–water partition coefficient (Wildman–Crippen LogP) is 4.05. The average Bonchev–Trinajstić information content (AvgIpc) is 3.12. The number of carbonyl (C=O) groups is 1. The highest BCUT2D eigenvalue weighted by Crippen LogP contribution is 2.42. The third-order valence-corrected chi connectivity index (χ3v) is 5.55. The molecule has 100 valence electrons. The SMILES string of the molecule is O=C(Nc1nccs1)C1(c2cccs2)CCCCC1. The summed E-state index contributed by atoms with van der Waals surface area (Å²) in [4.78, 5) is 18.1. The Balaban J connectivity index is 1.88. The lowest BCUT2D eigenvalue weighted by Crippen LogP contribution is -2.41. The Bertz CT molecular complexity index is 528. The first-order valence-corrected chi connectivity index (χ1v) is 8.32. The maximum Gasteiger partial charge on any atom is 0.237 e. The van der Waals surface area contributed by atoms with Gasteiger partial charge in [-0.15, -0.1) is 22.7 Å². The van der Waals surface area contributed by atoms with Crippen LogP contribution in [0.3, 0.4) is 0 Å². The molecule has 0 atom stereocenters. The van der Waals surface area contributed by atoms with E-state index in [1.807, 2.05) is 11.4 Å². The summed E-state index contributed by atoms with van der Waals surface area (Å²) in [6.45, 7) is 0. The lowest BCUT2D eigenvalue weighted by atomic mass is 9.72. The van der Waals surface area contributed by atoms with Crippen molar-refractivity contribution in [3.63, 3.8) is 0 Å². The molecule has 0 aliphatic heterocycles. The molecule has 19 heavy (non-hydrogen) atoms. The molecule has 0 bridgehead atoms. The molecular weight excluding hydrogens is 276 g/mol. The third-order valence-electron chi connectivity index (χ3n) is 3.79. The van der Waals surface area contributed by atoms with Crippen molar-refractivity contribution in [2.45, 2.75) is 37.5 Å². The Morgan fingerprint density at radius 1 is 1.21 bits per heavy atom. The summed E-state index contributed by atoms with van der Waals surface area (Å²) in [5.74, 6) is 0.115. The van der Waals surface area contributed by atoms with Gasteiger partial charge in [0.2, 0.25) is 5.91 Å². The van der Waals surface area contributed by atoms with Gasteiger partial charge in [0, 0.05) is 16.5 Å². The molecule has 2 heterocycles. The molecule has 1 saturated carbocycles. The van der Waals surface area contributed by atoms with Gasteiger partial charge in [-0.25, -0.2) is 4.98 Å². The lowest BCUT2D eigenvalue weighted by Gasteiger charge is -2.34. The topological polar surface area (TPSA) is 42.0 Å². The summed E-state index contributed by atoms with van der Waals surface area (Å²) in [7, 11) is 0. The van der Waals surface area contributed by atoms with E-state index in [4.69, 9.17) is 0 Å². The zero-order chi connectivity index (χ0) is 13.1. The molecule has 0 unspecified atom stereocenters. The molecule has 0 aromatic carbocycles. The van der Waals surface area contributed by atoms with Crippen LogP contribution in [0.5, 0.6) is 0 Å². The number of nitrogens with zero attached hydrogens (tertiary/aromatic N) is 1. The largest absolute Gasteiger partial charge is 0.301 e. The van der Waals surface area contributed by atoms with E-state index in [1.54, 1.807) is 17.5 Å². The average molecular weight is 292 g/mol. The van der Waals surface area contributed by atoms with Crippen molar-refractivity contribution in [2.24, 2.45) is 0 Å². The molecule has 5 heteroatoms. The number of anilines is 1. The maximum absolute atomic E-state index is 12.7. The first kappa shape index (κ1) is 12.8. The van der Waals surface area contributed by atoms with E-state index < -0.39 is 0 Å². The number of thiazole rings is 1. The number of nitrogens with one attached hydrogen (secondary N) is 1. The van der Waals surface area contributed by atoms with E-state index in [0.29, 0.717) is 5.13 Å². The fourth-order valence-electron chi connectivity index (χ4n) is 2.79. The highest BCUT2D eigenvalue weighted by molar-refractivity contribution is 7.13. The second kappa shape index (κ2) is 5.43. The number of rotatable bonds is 3. The van der Waals surface area contributed by atoms with E-state index >= 15 is 0 Å². The van der Waals surface area contributed by atoms with Gasteiger partial charge in [0.05, 0.1) is 5.41 Å². The van der Waals surface area contributed by atoms with Gasteiger partial charge < -0.3 is 5.32 Å². The summed E-state index contributed by atoms with van der Waals surface area (Å²) in [6, 6.07) is 4.13. The van der Waals surface area contributed by atoms with Gasteiger partial charge in [-0.05, 0) is 24.3 Å². The Morgan fingerprint density at radius 2 is 2.05 bits per heavy atom. The molecule has 3 rings (SSSR count). The van der Waals surface area contributed by atoms with Gasteiger partial charge in [-0.2, -0.15) is 0 Å². The van der Waals surface area contributed by atoms with Gasteiger partial charge in [-0.1, -0.05) is 25.3 Å². The minimum absolute atomic E-state index is 0.115. The first-order valence-electron chi connectivity index (χ1n) is 6.56. The van der Waals surface area contributed by atoms with Gasteiger partial charge >= 0.3 is 0 Å². The van der Waals surface area contributed by atoms with E-state index in [-0.39, 0.29) is 11.3 Å². The molecular formula is C14H16N2OS2. The smallest absolute Gasteiger partial charge is 0.237 e. The Kier molecular flexibility index (Phi) is 3.66. The number of hydrogen-bond acceptors (Lipinski definition) is 4. The van der Waals surface area contributed by atoms with Crippen LogP contribution in [0.15, 0.2) is 29.1 Å². The fourth-order valence-corrected chi connectivity index (χ4v) is 4.30. The Hall–Kier alpha value is -1.20. The van der Waals surface area contributed by atoms with E-state index in [2.05, 4.69) is 21.7 Å². The molecule has 1 N–H and O–H groups in total. The van der Waals surface area contributed by atoms with Crippen molar-refractivity contribution >= 4 is 33.7 Å². The molecule has 1 amide bonds. The molecule has 1 aliphatic carbocycles. The normalized spacial score (nSPS) is 18.1. The third kappa shape index (κ3) is 2.44. The second-order valence-electron chi connectivity index (χ2n) is 4.91. The summed E-state index contributed by atoms with van der Waals surface area (Å²) in [6.07, 6.45) is 7.11. The van der Waals surface area contributed by atoms with Gasteiger partial charge in [0.25, 0.3) is 0 Å². The highest BCUT2D eigenvalue weighted by atomic mass is 32.1. The molecule has 0 spiro atoms. The van der Waals surface area contributed by atoms with Crippen molar-refractivity contribution in [1.29, 1.82) is 0 Å². The van der Waals surface area contributed by atoms with E-state index in [1.165, 1.54) is 22.6 Å². The summed E-state index contributed by atoms with van der Waals surface area (Å²) >= 11 is 3.16. The summed E-state index contributed by atoms with van der Waals surface area (Å²) < 4.78 is 0. The van der Waals surface area contributed by atoms with Crippen LogP contribution in [0.4, 0.5) is 5.13 Å². The fraction of sp³-hybridized carbons (Fsp3) is 0.429. The monoisotopic (exact) mass is 292 g/mol. The molecule has 3 nitrogen and oxygen atoms in total. The second-order valence-corrected chi connectivity index (χ2v) is 6.75. The summed E-state index contributed by atoms with van der Waals surface area (Å²) in [5.41, 5.74) is -0.335. The van der Waals surface area contributed by atoms with Crippen LogP contribution in [0.25, 0.3) is 0 Å². The zero-order valence-corrected chi connectivity index (χ0v) is 12.2. The predicted molar refractivity (Wildman–Crippen MR) is 79.8 cm³/mol. The van der Waals surface area contributed by atoms with Crippen LogP contribution in [0.1, 0.15) is 37.0 Å². The van der Waals surface area contributed by atoms with Crippen LogP contribution in [-0.2, 0) is 10.2 Å². The number of thiophene rings is 1. The Morgan fingerprint density at radius 3 is 2.68 bits per heavy atom. The standard InChI is InChI=1S/C14H16N2OS2/c17-12(16-13-15-8-10-19-13)14(6-2-1-3-7-14)11-5-4-9-18-11/h4-5,8-10H,1-3,6-7H2,(H,15,16,17). The van der Waals surface area contributed by atoms with Crippen LogP contribution in [0, 0.1) is 0 Å². The maximum atomic E-state index is 12.7. The quantitative estimate of drug-likeness (QED) is 0.927. The molecule has 2 aromatic rings. The minimum Gasteiger partial charge on any atom is -0.301 e. The van der Waals surface area contributed by atoms with Crippen molar-refractivity contribution in [2.75, 3.05) is 5.32 Å². The molecule has 2 aromatic heterocycles. The van der Waals surface area contributed by atoms with Gasteiger partial charge in [0.1, 0.15) is 0 Å². The minimum atomic E-state index is -0.335. The van der Waals surface area contributed by atoms with Crippen LogP contribution < -0.4 is 5.32 Å². The first-order chi connectivity index (χ1) is 9.31. The zero-order valence-electron chi connectivity index (χ0n) is 10.6. The van der Waals surface area contributed by atoms with Crippen LogP contribution in [-0.4, -0.2) is 10.9 Å². The number of amides is 1.